The Morgan fingerprint density at radius 3 is 2.57 bits per heavy atom. The first-order valence-electron chi connectivity index (χ1n) is 13.2. The summed E-state index contributed by atoms with van der Waals surface area (Å²) in [4.78, 5) is 25.8. The smallest absolute Gasteiger partial charge is 0.383 e. The number of alkyl halides is 3. The Kier molecular flexibility index (Phi) is 8.36. The van der Waals surface area contributed by atoms with Gasteiger partial charge in [0.2, 0.25) is 0 Å². The molecule has 4 aromatic rings. The summed E-state index contributed by atoms with van der Waals surface area (Å²) in [7, 11) is 1.99. The van der Waals surface area contributed by atoms with E-state index in [9.17, 15) is 18.0 Å². The van der Waals surface area contributed by atoms with Gasteiger partial charge in [-0.1, -0.05) is 35.7 Å². The van der Waals surface area contributed by atoms with Gasteiger partial charge in [0.1, 0.15) is 17.2 Å². The number of nitrogens with two attached hydrogens (primary N) is 1. The van der Waals surface area contributed by atoms with Crippen molar-refractivity contribution in [1.82, 2.24) is 19.8 Å². The molecule has 0 aliphatic carbocycles. The Labute approximate surface area is 246 Å². The number of rotatable bonds is 4. The molecule has 0 saturated carbocycles. The van der Waals surface area contributed by atoms with Crippen LogP contribution in [0.2, 0.25) is 5.02 Å². The van der Waals surface area contributed by atoms with Gasteiger partial charge in [0.05, 0.1) is 11.1 Å². The second kappa shape index (κ2) is 12.0. The second-order valence-electron chi connectivity index (χ2n) is 10.3. The zero-order valence-corrected chi connectivity index (χ0v) is 23.8. The maximum Gasteiger partial charge on any atom is 0.416 e. The van der Waals surface area contributed by atoms with Gasteiger partial charge in [-0.05, 0) is 61.4 Å². The molecule has 1 saturated heterocycles. The van der Waals surface area contributed by atoms with Crippen molar-refractivity contribution < 1.29 is 18.0 Å². The molecule has 1 aliphatic rings. The van der Waals surface area contributed by atoms with Crippen molar-refractivity contribution >= 4 is 39.8 Å². The van der Waals surface area contributed by atoms with Crippen LogP contribution in [0.1, 0.15) is 38.4 Å². The lowest BCUT2D eigenvalue weighted by Gasteiger charge is -2.33. The Bertz CT molecular complexity index is 1720. The fraction of sp³-hybridized carbons (Fsp3) is 0.258. The highest BCUT2D eigenvalue weighted by Crippen LogP contribution is 2.35. The quantitative estimate of drug-likeness (QED) is 0.300. The molecule has 0 bridgehead atoms. The summed E-state index contributed by atoms with van der Waals surface area (Å²) in [5, 5.41) is 4.61. The van der Waals surface area contributed by atoms with E-state index < -0.39 is 17.6 Å². The number of amides is 1. The summed E-state index contributed by atoms with van der Waals surface area (Å²) in [6.07, 6.45) is -2.94. The lowest BCUT2D eigenvalue weighted by Crippen LogP contribution is -2.44. The van der Waals surface area contributed by atoms with Gasteiger partial charge in [0.15, 0.2) is 0 Å². The van der Waals surface area contributed by atoms with Gasteiger partial charge >= 0.3 is 6.18 Å². The van der Waals surface area contributed by atoms with Crippen LogP contribution < -0.4 is 11.1 Å². The fourth-order valence-electron chi connectivity index (χ4n) is 4.73. The van der Waals surface area contributed by atoms with Crippen molar-refractivity contribution in [3.8, 4) is 11.8 Å². The number of carbonyl (C=O) groups is 1. The molecule has 5 rings (SSSR count). The predicted molar refractivity (Wildman–Crippen MR) is 158 cm³/mol. The van der Waals surface area contributed by atoms with Crippen LogP contribution in [0.5, 0.6) is 0 Å². The number of aryl methyl sites for hydroxylation is 1. The van der Waals surface area contributed by atoms with Crippen LogP contribution in [-0.2, 0) is 12.7 Å². The topological polar surface area (TPSA) is 87.4 Å². The van der Waals surface area contributed by atoms with E-state index in [4.69, 9.17) is 17.3 Å². The lowest BCUT2D eigenvalue weighted by atomic mass is 10.0. The zero-order chi connectivity index (χ0) is 30.0. The number of carbonyl (C=O) groups excluding carboxylic acids is 1. The van der Waals surface area contributed by atoms with Crippen molar-refractivity contribution in [3.63, 3.8) is 0 Å². The highest BCUT2D eigenvalue weighted by atomic mass is 35.5. The predicted octanol–water partition coefficient (Wildman–Crippen LogP) is 5.59. The number of benzene rings is 2. The average Bonchev–Trinajstić information content (AvgIpc) is 2.94. The Hall–Kier alpha value is -4.17. The van der Waals surface area contributed by atoms with Gasteiger partial charge in [-0.25, -0.2) is 9.97 Å². The molecular weight excluding hydrogens is 565 g/mol. The fourth-order valence-corrected chi connectivity index (χ4v) is 4.90. The normalized spacial score (nSPS) is 14.4. The van der Waals surface area contributed by atoms with Crippen LogP contribution in [0.25, 0.3) is 10.8 Å². The van der Waals surface area contributed by atoms with Crippen LogP contribution in [-0.4, -0.2) is 58.9 Å². The van der Waals surface area contributed by atoms with Gasteiger partial charge in [-0.15, -0.1) is 0 Å². The molecule has 11 heteroatoms. The lowest BCUT2D eigenvalue weighted by molar-refractivity contribution is -0.138. The van der Waals surface area contributed by atoms with E-state index in [1.807, 2.05) is 18.0 Å². The second-order valence-corrected chi connectivity index (χ2v) is 10.7. The molecule has 1 fully saturated rings. The van der Waals surface area contributed by atoms with Crippen molar-refractivity contribution in [2.75, 3.05) is 44.3 Å². The Morgan fingerprint density at radius 1 is 1.07 bits per heavy atom. The number of nitrogen functional groups attached to an aromatic ring is 1. The van der Waals surface area contributed by atoms with Crippen molar-refractivity contribution in [2.24, 2.45) is 0 Å². The number of anilines is 2. The van der Waals surface area contributed by atoms with Crippen LogP contribution in [0.15, 0.2) is 54.7 Å². The number of aromatic nitrogens is 2. The molecule has 0 unspecified atom stereocenters. The third kappa shape index (κ3) is 6.65. The number of fused-ring (bicyclic) bond motifs is 1. The van der Waals surface area contributed by atoms with Crippen molar-refractivity contribution in [1.29, 1.82) is 0 Å². The maximum absolute atomic E-state index is 14.0. The molecule has 2 aromatic heterocycles. The van der Waals surface area contributed by atoms with E-state index in [1.54, 1.807) is 31.3 Å². The minimum atomic E-state index is -4.57. The van der Waals surface area contributed by atoms with Crippen LogP contribution >= 0.6 is 11.6 Å². The molecule has 216 valence electrons. The summed E-state index contributed by atoms with van der Waals surface area (Å²) >= 11 is 6.17. The third-order valence-electron chi connectivity index (χ3n) is 7.18. The zero-order valence-electron chi connectivity index (χ0n) is 23.0. The number of nitrogens with zero attached hydrogens (tertiary/aromatic N) is 4. The molecule has 3 heterocycles. The Morgan fingerprint density at radius 2 is 1.83 bits per heavy atom. The molecular formula is C31H28ClF3N6O. The Balaban J connectivity index is 1.39. The van der Waals surface area contributed by atoms with E-state index in [2.05, 4.69) is 32.0 Å². The molecule has 0 spiro atoms. The van der Waals surface area contributed by atoms with Crippen LogP contribution in [0, 0.1) is 18.8 Å². The van der Waals surface area contributed by atoms with Gasteiger partial charge in [0.25, 0.3) is 5.91 Å². The number of piperazine rings is 1. The van der Waals surface area contributed by atoms with Crippen molar-refractivity contribution in [3.05, 3.63) is 93.4 Å². The number of halogens is 4. The van der Waals surface area contributed by atoms with Crippen molar-refractivity contribution in [2.45, 2.75) is 19.6 Å². The average molecular weight is 593 g/mol. The molecule has 1 aliphatic heterocycles. The molecule has 7 nitrogen and oxygen atoms in total. The highest BCUT2D eigenvalue weighted by molar-refractivity contribution is 6.31. The van der Waals surface area contributed by atoms with Gasteiger partial charge < -0.3 is 16.0 Å². The summed E-state index contributed by atoms with van der Waals surface area (Å²) in [6.45, 7) is 4.94. The minimum Gasteiger partial charge on any atom is -0.383 e. The standard InChI is InChI=1S/C31H28ClF3N6O/c1-19-3-9-28(39-27(19)10-8-24-25-15-22(32)6-4-20(25)17-37-29(24)36)30(42)38-23-7-5-21(26(16-23)31(33,34)35)18-41-13-11-40(2)12-14-41/h3-7,9,15-17H,11-14,18H2,1-2H3,(H2,36,37)(H,38,42). The van der Waals surface area contributed by atoms with E-state index in [1.165, 1.54) is 18.2 Å². The van der Waals surface area contributed by atoms with Crippen LogP contribution in [0.3, 0.4) is 0 Å². The first-order chi connectivity index (χ1) is 20.0. The molecule has 42 heavy (non-hydrogen) atoms. The number of nitrogens with one attached hydrogen (secondary N) is 1. The molecule has 0 atom stereocenters. The van der Waals surface area contributed by atoms with E-state index in [-0.39, 0.29) is 29.3 Å². The summed E-state index contributed by atoms with van der Waals surface area (Å²) in [5.74, 6) is 5.52. The van der Waals surface area contributed by atoms with Crippen LogP contribution in [0.4, 0.5) is 24.7 Å². The molecule has 3 N–H and O–H groups in total. The number of hydrogen-bond donors (Lipinski definition) is 2. The maximum atomic E-state index is 14.0. The van der Waals surface area contributed by atoms with E-state index >= 15 is 0 Å². The largest absolute Gasteiger partial charge is 0.416 e. The number of likely N-dealkylation sites (N-methyl/N-ethyl adjacent to an activating group) is 1. The molecule has 0 radical (unpaired) electrons. The summed E-state index contributed by atoms with van der Waals surface area (Å²) in [6, 6.07) is 12.3. The number of pyridine rings is 2. The first kappa shape index (κ1) is 29.3. The monoisotopic (exact) mass is 592 g/mol. The SMILES string of the molecule is Cc1ccc(C(=O)Nc2ccc(CN3CCN(C)CC3)c(C(F)(F)F)c2)nc1C#Cc1c(N)ncc2ccc(Cl)cc12. The number of hydrogen-bond acceptors (Lipinski definition) is 6. The minimum absolute atomic E-state index is 0.00651. The van der Waals surface area contributed by atoms with E-state index in [0.717, 1.165) is 29.9 Å². The van der Waals surface area contributed by atoms with Gasteiger partial charge in [-0.2, -0.15) is 13.2 Å². The third-order valence-corrected chi connectivity index (χ3v) is 7.42. The van der Waals surface area contributed by atoms with E-state index in [0.29, 0.717) is 34.9 Å². The highest BCUT2D eigenvalue weighted by Gasteiger charge is 2.34. The van der Waals surface area contributed by atoms with Gasteiger partial charge in [0, 0.05) is 60.4 Å². The van der Waals surface area contributed by atoms with Gasteiger partial charge in [-0.3, -0.25) is 9.69 Å². The summed E-state index contributed by atoms with van der Waals surface area (Å²) < 4.78 is 42.0. The molecule has 1 amide bonds. The summed E-state index contributed by atoms with van der Waals surface area (Å²) in [5.41, 5.74) is 7.01. The first-order valence-corrected chi connectivity index (χ1v) is 13.6. The molecule has 2 aromatic carbocycles.